The molecule has 4 fully saturated rings. The molecule has 0 radical (unpaired) electrons. The zero-order valence-electron chi connectivity index (χ0n) is 33.4. The van der Waals surface area contributed by atoms with Gasteiger partial charge in [-0.3, -0.25) is 15.1 Å². The van der Waals surface area contributed by atoms with E-state index in [1.807, 2.05) is 4.90 Å². The summed E-state index contributed by atoms with van der Waals surface area (Å²) in [5.74, 6) is -2.26. The lowest BCUT2D eigenvalue weighted by atomic mass is 9.94. The van der Waals surface area contributed by atoms with E-state index in [1.54, 1.807) is 51.3 Å². The van der Waals surface area contributed by atoms with Crippen molar-refractivity contribution in [1.82, 2.24) is 24.8 Å². The molecule has 2 aromatic heterocycles. The van der Waals surface area contributed by atoms with Crippen molar-refractivity contribution in [3.05, 3.63) is 35.4 Å². The summed E-state index contributed by atoms with van der Waals surface area (Å²) in [5.41, 5.74) is -5.84. The number of ether oxygens (including phenoxy) is 3. The van der Waals surface area contributed by atoms with Crippen LogP contribution in [0.3, 0.4) is 0 Å². The molecule has 0 unspecified atom stereocenters. The molecule has 2 amide bonds. The van der Waals surface area contributed by atoms with Gasteiger partial charge in [-0.05, 0) is 92.0 Å². The molecular formula is C40H45F6N7O5S. The van der Waals surface area contributed by atoms with Crippen LogP contribution < -0.4 is 15.0 Å². The topological polar surface area (TPSA) is 122 Å². The number of amides is 2. The van der Waals surface area contributed by atoms with Crippen LogP contribution in [0.5, 0.6) is 6.01 Å². The number of anilines is 2. The summed E-state index contributed by atoms with van der Waals surface area (Å²) >= 11 is 0.649. The lowest BCUT2D eigenvalue weighted by Gasteiger charge is -2.42. The standard InChI is InChI=1S/C40H45F6N7O5S/c1-37(2,3)57-35(54)50-34-48-30-23(10-11-26(42)31(30)59-34)27-25(40(44,45)46)14-24-29(28(27)43)47-33(56-19-39-12-7-13-52(39)16-20(41)15-39)49-32(24)51-17-21-8-9-22(18-51)53(21)36(55)58-38(4,5)6/h10-11,14,20-22H,7-9,12-13,15-19H2,1-6H3,(H,48,50,54)/t20-,21-,22+,39+/m1/s1. The van der Waals surface area contributed by atoms with Gasteiger partial charge in [-0.2, -0.15) is 23.1 Å². The Kier molecular flexibility index (Phi) is 10.1. The quantitative estimate of drug-likeness (QED) is 0.188. The van der Waals surface area contributed by atoms with E-state index in [9.17, 15) is 14.0 Å². The van der Waals surface area contributed by atoms with Crippen molar-refractivity contribution in [2.75, 3.05) is 43.0 Å². The number of rotatable bonds is 6. The van der Waals surface area contributed by atoms with E-state index < -0.39 is 75.1 Å². The van der Waals surface area contributed by atoms with Crippen LogP contribution in [0.1, 0.15) is 79.2 Å². The third kappa shape index (κ3) is 7.91. The first-order valence-electron chi connectivity index (χ1n) is 19.6. The van der Waals surface area contributed by atoms with Gasteiger partial charge in [-0.25, -0.2) is 27.7 Å². The Bertz CT molecular complexity index is 2320. The largest absolute Gasteiger partial charge is 0.461 e. The minimum atomic E-state index is -5.14. The summed E-state index contributed by atoms with van der Waals surface area (Å²) in [6.45, 7) is 11.3. The molecular weight excluding hydrogens is 805 g/mol. The fraction of sp³-hybridized carbons (Fsp3) is 0.575. The number of carbonyl (C=O) groups excluding carboxylic acids is 2. The van der Waals surface area contributed by atoms with Crippen molar-refractivity contribution in [3.8, 4) is 17.1 Å². The summed E-state index contributed by atoms with van der Waals surface area (Å²) in [7, 11) is 0. The van der Waals surface area contributed by atoms with Crippen molar-refractivity contribution in [3.63, 3.8) is 0 Å². The van der Waals surface area contributed by atoms with Crippen molar-refractivity contribution < 1.29 is 50.1 Å². The predicted octanol–water partition coefficient (Wildman–Crippen LogP) is 9.09. The molecule has 2 bridgehead atoms. The number of aromatic nitrogens is 3. The summed E-state index contributed by atoms with van der Waals surface area (Å²) in [6, 6.07) is 1.61. The van der Waals surface area contributed by atoms with Crippen molar-refractivity contribution >= 4 is 55.6 Å². The molecule has 0 spiro atoms. The molecule has 6 heterocycles. The zero-order chi connectivity index (χ0) is 42.4. The normalized spacial score (nSPS) is 23.6. The molecule has 0 aliphatic carbocycles. The Morgan fingerprint density at radius 1 is 0.949 bits per heavy atom. The maximum absolute atomic E-state index is 17.4. The zero-order valence-corrected chi connectivity index (χ0v) is 34.3. The van der Waals surface area contributed by atoms with Gasteiger partial charge in [0.05, 0.1) is 33.4 Å². The average molecular weight is 850 g/mol. The molecule has 59 heavy (non-hydrogen) atoms. The average Bonchev–Trinajstić information content (AvgIpc) is 3.85. The second kappa shape index (κ2) is 14.5. The summed E-state index contributed by atoms with van der Waals surface area (Å²) in [4.78, 5) is 44.5. The maximum atomic E-state index is 17.4. The first kappa shape index (κ1) is 41.1. The van der Waals surface area contributed by atoms with Gasteiger partial charge in [0, 0.05) is 42.6 Å². The highest BCUT2D eigenvalue weighted by molar-refractivity contribution is 7.22. The van der Waals surface area contributed by atoms with Crippen LogP contribution in [0.2, 0.25) is 0 Å². The van der Waals surface area contributed by atoms with E-state index in [0.717, 1.165) is 24.6 Å². The van der Waals surface area contributed by atoms with Gasteiger partial charge in [-0.15, -0.1) is 0 Å². The van der Waals surface area contributed by atoms with Crippen LogP contribution in [-0.2, 0) is 15.7 Å². The third-order valence-corrected chi connectivity index (χ3v) is 12.2. The van der Waals surface area contributed by atoms with Crippen LogP contribution in [0.25, 0.3) is 32.2 Å². The first-order valence-corrected chi connectivity index (χ1v) is 20.4. The number of alkyl halides is 4. The van der Waals surface area contributed by atoms with Gasteiger partial charge >= 0.3 is 24.4 Å². The predicted molar refractivity (Wildman–Crippen MR) is 209 cm³/mol. The van der Waals surface area contributed by atoms with Gasteiger partial charge in [-0.1, -0.05) is 11.3 Å². The molecule has 4 aliphatic heterocycles. The minimum absolute atomic E-state index is 0.0287. The van der Waals surface area contributed by atoms with E-state index >= 15 is 22.0 Å². The van der Waals surface area contributed by atoms with E-state index in [1.165, 1.54) is 0 Å². The molecule has 2 aromatic carbocycles. The Labute approximate surface area is 340 Å². The van der Waals surface area contributed by atoms with Crippen molar-refractivity contribution in [1.29, 1.82) is 0 Å². The maximum Gasteiger partial charge on any atom is 0.417 e. The number of halogens is 6. The number of hydrogen-bond donors (Lipinski definition) is 1. The Hall–Kier alpha value is -4.65. The smallest absolute Gasteiger partial charge is 0.417 e. The third-order valence-electron chi connectivity index (χ3n) is 11.2. The number of thiazole rings is 1. The molecule has 4 aromatic rings. The molecule has 318 valence electrons. The Morgan fingerprint density at radius 2 is 1.64 bits per heavy atom. The van der Waals surface area contributed by atoms with Gasteiger partial charge < -0.3 is 19.1 Å². The van der Waals surface area contributed by atoms with E-state index in [2.05, 4.69) is 20.3 Å². The number of carbonyl (C=O) groups is 2. The number of nitrogens with one attached hydrogen (secondary N) is 1. The second-order valence-electron chi connectivity index (χ2n) is 17.8. The highest BCUT2D eigenvalue weighted by Crippen LogP contribution is 2.47. The monoisotopic (exact) mass is 849 g/mol. The van der Waals surface area contributed by atoms with E-state index in [4.69, 9.17) is 14.2 Å². The van der Waals surface area contributed by atoms with E-state index in [-0.39, 0.29) is 77.3 Å². The SMILES string of the molecule is CC(C)(C)OC(=O)Nc1nc2c(-c3c(C(F)(F)F)cc4c(N5C[C@H]6CC[C@@H](C5)N6C(=O)OC(C)(C)C)nc(OC[C@@]56CCCN5C[C@H](F)C6)nc4c3F)ccc(F)c2s1. The first-order chi connectivity index (χ1) is 27.6. The number of piperazine rings is 1. The van der Waals surface area contributed by atoms with Crippen LogP contribution in [0, 0.1) is 11.6 Å². The highest BCUT2D eigenvalue weighted by atomic mass is 32.1. The Balaban J connectivity index is 1.26. The van der Waals surface area contributed by atoms with Gasteiger partial charge in [0.15, 0.2) is 10.9 Å². The number of hydrogen-bond acceptors (Lipinski definition) is 11. The summed E-state index contributed by atoms with van der Waals surface area (Å²) in [6.07, 6.45) is -4.76. The number of nitrogens with zero attached hydrogens (tertiary/aromatic N) is 6. The molecule has 1 N–H and O–H groups in total. The van der Waals surface area contributed by atoms with Crippen LogP contribution in [0.15, 0.2) is 18.2 Å². The molecule has 19 heteroatoms. The lowest BCUT2D eigenvalue weighted by Crippen LogP contribution is -2.57. The Morgan fingerprint density at radius 3 is 2.31 bits per heavy atom. The van der Waals surface area contributed by atoms with Crippen molar-refractivity contribution in [2.24, 2.45) is 0 Å². The molecule has 4 saturated heterocycles. The van der Waals surface area contributed by atoms with Gasteiger partial charge in [0.1, 0.15) is 41.1 Å². The molecule has 8 rings (SSSR count). The molecule has 12 nitrogen and oxygen atoms in total. The molecule has 0 saturated carbocycles. The second-order valence-corrected chi connectivity index (χ2v) is 18.8. The van der Waals surface area contributed by atoms with Gasteiger partial charge in [0.25, 0.3) is 0 Å². The fourth-order valence-electron chi connectivity index (χ4n) is 8.94. The molecule has 4 atom stereocenters. The fourth-order valence-corrected chi connectivity index (χ4v) is 9.82. The van der Waals surface area contributed by atoms with Crippen molar-refractivity contribution in [2.45, 2.75) is 115 Å². The van der Waals surface area contributed by atoms with Gasteiger partial charge in [0.2, 0.25) is 0 Å². The van der Waals surface area contributed by atoms with Crippen LogP contribution >= 0.6 is 11.3 Å². The minimum Gasteiger partial charge on any atom is -0.461 e. The van der Waals surface area contributed by atoms with Crippen LogP contribution in [-0.4, -0.2) is 105 Å². The summed E-state index contributed by atoms with van der Waals surface area (Å²) in [5, 5.41) is 1.94. The number of fused-ring (bicyclic) bond motifs is 5. The van der Waals surface area contributed by atoms with Crippen LogP contribution in [0.4, 0.5) is 46.9 Å². The highest BCUT2D eigenvalue weighted by Gasteiger charge is 2.50. The summed E-state index contributed by atoms with van der Waals surface area (Å²) < 4.78 is 110. The molecule has 4 aliphatic rings. The lowest BCUT2D eigenvalue weighted by molar-refractivity contribution is -0.137. The van der Waals surface area contributed by atoms with E-state index in [0.29, 0.717) is 37.1 Å². The number of benzene rings is 2.